The molecule has 61 heavy (non-hydrogen) atoms. The Kier molecular flexibility index (Phi) is 11.1. The molecule has 16 heteroatoms. The Morgan fingerprint density at radius 2 is 1.72 bits per heavy atom. The van der Waals surface area contributed by atoms with Crippen molar-refractivity contribution < 1.29 is 46.2 Å². The topological polar surface area (TPSA) is 195 Å². The average molecular weight is 854 g/mol. The highest BCUT2D eigenvalue weighted by Gasteiger charge is 2.62. The van der Waals surface area contributed by atoms with Crippen LogP contribution in [0.2, 0.25) is 0 Å². The molecule has 0 spiro atoms. The molecule has 3 N–H and O–H groups in total. The van der Waals surface area contributed by atoms with Crippen LogP contribution >= 0.6 is 0 Å². The van der Waals surface area contributed by atoms with Gasteiger partial charge in [-0.25, -0.2) is 18.2 Å². The van der Waals surface area contributed by atoms with E-state index in [4.69, 9.17) is 23.6 Å². The van der Waals surface area contributed by atoms with Crippen molar-refractivity contribution in [1.29, 1.82) is 0 Å². The van der Waals surface area contributed by atoms with Gasteiger partial charge in [0.1, 0.15) is 46.7 Å². The number of hydrogen-bond acceptors (Lipinski definition) is 11. The normalized spacial score (nSPS) is 26.7. The number of alkyl carbamates (subject to hydrolysis) is 1. The van der Waals surface area contributed by atoms with Crippen molar-refractivity contribution in [3.8, 4) is 22.8 Å². The number of rotatable bonds is 9. The van der Waals surface area contributed by atoms with Crippen molar-refractivity contribution in [2.24, 2.45) is 5.92 Å². The first-order chi connectivity index (χ1) is 29.5. The summed E-state index contributed by atoms with van der Waals surface area (Å²) in [6.07, 6.45) is 10.0. The van der Waals surface area contributed by atoms with E-state index in [1.54, 1.807) is 13.2 Å². The lowest BCUT2D eigenvalue weighted by molar-refractivity contribution is -0.141. The smallest absolute Gasteiger partial charge is 0.408 e. The van der Waals surface area contributed by atoms with Crippen molar-refractivity contribution in [2.45, 2.75) is 119 Å². The van der Waals surface area contributed by atoms with Gasteiger partial charge in [0.25, 0.3) is 5.91 Å². The number of furan rings is 1. The predicted octanol–water partition coefficient (Wildman–Crippen LogP) is 6.05. The van der Waals surface area contributed by atoms with Crippen LogP contribution in [-0.4, -0.2) is 90.9 Å². The lowest BCUT2D eigenvalue weighted by atomic mass is 10.0. The van der Waals surface area contributed by atoms with Crippen LogP contribution in [0.1, 0.15) is 83.5 Å². The molecule has 9 rings (SSSR count). The van der Waals surface area contributed by atoms with Crippen LogP contribution in [0.3, 0.4) is 0 Å². The van der Waals surface area contributed by atoms with Gasteiger partial charge in [-0.05, 0) is 101 Å². The monoisotopic (exact) mass is 853 g/mol. The summed E-state index contributed by atoms with van der Waals surface area (Å²) in [6.45, 7) is -0.0345. The number of methoxy groups -OCH3 is 1. The highest BCUT2D eigenvalue weighted by Crippen LogP contribution is 2.46. The zero-order valence-corrected chi connectivity index (χ0v) is 34.9. The third-order valence-corrected chi connectivity index (χ3v) is 14.5. The third-order valence-electron chi connectivity index (χ3n) is 12.7. The molecular weight excluding hydrogens is 803 g/mol. The summed E-state index contributed by atoms with van der Waals surface area (Å²) in [7, 11) is -2.32. The summed E-state index contributed by atoms with van der Waals surface area (Å²) in [5, 5.41) is 5.90. The standard InChI is InChI=1S/C45H51N5O10S/c1-57-29-19-17-27(18-20-29)35-24-38(40-39(46-35)33-14-9-10-16-37(33)60-40)58-31-23-36-41(51)48-45(43(53)49-61(55,56)32-21-22-32)25-28(45)11-5-3-2-4-6-15-34(42(52)50(36)26-31)47-44(54)59-30-12-7-8-13-30/h5,9-11,14,16-20,24,28,30-32,34,36H,2-4,6-8,12-13,15,21-23,25-26H2,1H3,(H,47,54)(H,48,51)(H,49,53)/b11-5-/t28-,31+,34-,36-,45+/m0/s1. The number of nitrogens with zero attached hydrogens (tertiary/aromatic N) is 2. The summed E-state index contributed by atoms with van der Waals surface area (Å²) in [6, 6.07) is 14.6. The van der Waals surface area contributed by atoms with Crippen LogP contribution in [0, 0.1) is 5.92 Å². The summed E-state index contributed by atoms with van der Waals surface area (Å²) in [5.41, 5.74) is 1.45. The number of nitrogens with one attached hydrogen (secondary N) is 3. The summed E-state index contributed by atoms with van der Waals surface area (Å²) < 4.78 is 52.4. The second-order valence-corrected chi connectivity index (χ2v) is 19.0. The number of carbonyl (C=O) groups is 4. The van der Waals surface area contributed by atoms with Crippen molar-refractivity contribution in [3.63, 3.8) is 0 Å². The zero-order valence-electron chi connectivity index (χ0n) is 34.1. The fraction of sp³-hybridized carbons (Fsp3) is 0.489. The molecule has 5 atom stereocenters. The molecule has 4 amide bonds. The minimum Gasteiger partial charge on any atom is -0.497 e. The molecule has 4 aromatic rings. The van der Waals surface area contributed by atoms with E-state index in [9.17, 15) is 27.6 Å². The Balaban J connectivity index is 1.05. The van der Waals surface area contributed by atoms with Crippen LogP contribution in [0.5, 0.6) is 11.5 Å². The number of pyridine rings is 1. The number of sulfonamides is 1. The van der Waals surface area contributed by atoms with Gasteiger partial charge < -0.3 is 34.2 Å². The fourth-order valence-electron chi connectivity index (χ4n) is 9.01. The summed E-state index contributed by atoms with van der Waals surface area (Å²) in [5.74, 6) is -1.30. The van der Waals surface area contributed by atoms with E-state index in [-0.39, 0.29) is 25.5 Å². The van der Waals surface area contributed by atoms with E-state index in [0.717, 1.165) is 49.5 Å². The van der Waals surface area contributed by atoms with Gasteiger partial charge in [-0.3, -0.25) is 19.1 Å². The van der Waals surface area contributed by atoms with Gasteiger partial charge in [-0.2, -0.15) is 0 Å². The van der Waals surface area contributed by atoms with Crippen molar-refractivity contribution in [1.82, 2.24) is 25.2 Å². The number of benzene rings is 2. The van der Waals surface area contributed by atoms with Crippen LogP contribution in [0.25, 0.3) is 33.3 Å². The Morgan fingerprint density at radius 1 is 0.951 bits per heavy atom. The van der Waals surface area contributed by atoms with Gasteiger partial charge in [-0.1, -0.05) is 37.1 Å². The average Bonchev–Trinajstić information content (AvgIpc) is 4.06. The molecular formula is C45H51N5O10S. The molecule has 4 fully saturated rings. The predicted molar refractivity (Wildman–Crippen MR) is 225 cm³/mol. The molecule has 2 aliphatic heterocycles. The van der Waals surface area contributed by atoms with Gasteiger partial charge in [-0.15, -0.1) is 0 Å². The Morgan fingerprint density at radius 3 is 2.49 bits per heavy atom. The number of allylic oxidation sites excluding steroid dienone is 1. The number of para-hydroxylation sites is 1. The largest absolute Gasteiger partial charge is 0.497 e. The number of fused-ring (bicyclic) bond motifs is 5. The molecule has 3 aliphatic carbocycles. The molecule has 4 heterocycles. The Labute approximate surface area is 354 Å². The van der Waals surface area contributed by atoms with Gasteiger partial charge in [0, 0.05) is 29.4 Å². The maximum Gasteiger partial charge on any atom is 0.408 e. The molecule has 2 aromatic carbocycles. The van der Waals surface area contributed by atoms with Gasteiger partial charge in [0.15, 0.2) is 11.3 Å². The summed E-state index contributed by atoms with van der Waals surface area (Å²) >= 11 is 0. The van der Waals surface area contributed by atoms with E-state index in [0.29, 0.717) is 66.0 Å². The van der Waals surface area contributed by atoms with Crippen LogP contribution in [0.4, 0.5) is 4.79 Å². The van der Waals surface area contributed by atoms with Gasteiger partial charge in [0.05, 0.1) is 24.6 Å². The van der Waals surface area contributed by atoms with E-state index in [1.165, 1.54) is 4.90 Å². The highest BCUT2D eigenvalue weighted by atomic mass is 32.2. The lowest BCUT2D eigenvalue weighted by Gasteiger charge is -2.30. The van der Waals surface area contributed by atoms with Gasteiger partial charge >= 0.3 is 6.09 Å². The maximum absolute atomic E-state index is 14.8. The van der Waals surface area contributed by atoms with Crippen LogP contribution in [0.15, 0.2) is 71.2 Å². The molecule has 0 bridgehead atoms. The molecule has 0 radical (unpaired) electrons. The fourth-order valence-corrected chi connectivity index (χ4v) is 10.4. The van der Waals surface area contributed by atoms with Crippen molar-refractivity contribution in [2.75, 3.05) is 13.7 Å². The minimum absolute atomic E-state index is 0.0251. The first kappa shape index (κ1) is 40.7. The number of aromatic nitrogens is 1. The molecule has 0 unspecified atom stereocenters. The second-order valence-electron chi connectivity index (χ2n) is 17.0. The van der Waals surface area contributed by atoms with Crippen LogP contribution in [-0.2, 0) is 29.1 Å². The minimum atomic E-state index is -3.91. The molecule has 2 aromatic heterocycles. The molecule has 322 valence electrons. The molecule has 5 aliphatic rings. The molecule has 1 saturated heterocycles. The Hall–Kier alpha value is -5.64. The van der Waals surface area contributed by atoms with E-state index < -0.39 is 68.7 Å². The first-order valence-electron chi connectivity index (χ1n) is 21.5. The molecule has 15 nitrogen and oxygen atoms in total. The number of carbonyl (C=O) groups excluding carboxylic acids is 4. The van der Waals surface area contributed by atoms with Gasteiger partial charge in [0.2, 0.25) is 21.8 Å². The number of amides is 4. The number of hydrogen-bond donors (Lipinski definition) is 3. The highest BCUT2D eigenvalue weighted by molar-refractivity contribution is 7.91. The third kappa shape index (κ3) is 8.51. The number of ether oxygens (including phenoxy) is 3. The van der Waals surface area contributed by atoms with Crippen LogP contribution < -0.4 is 24.8 Å². The van der Waals surface area contributed by atoms with Crippen molar-refractivity contribution >= 4 is 55.9 Å². The SMILES string of the molecule is COc1ccc(-c2cc(O[C@@H]3C[C@H]4C(=O)N[C@]5(C(=O)NS(=O)(=O)C6CC6)C[C@@H]5/C=C\CCCCC[C@H](NC(=O)OC5CCCC5)C(=O)N4C3)c3oc4ccccc4c3n2)cc1. The zero-order chi connectivity index (χ0) is 42.3. The van der Waals surface area contributed by atoms with Crippen molar-refractivity contribution in [3.05, 3.63) is 66.7 Å². The van der Waals surface area contributed by atoms with E-state index in [2.05, 4.69) is 15.4 Å². The Bertz CT molecular complexity index is 2480. The second kappa shape index (κ2) is 16.7. The first-order valence-corrected chi connectivity index (χ1v) is 23.0. The molecule has 3 saturated carbocycles. The summed E-state index contributed by atoms with van der Waals surface area (Å²) in [4.78, 5) is 63.0. The lowest BCUT2D eigenvalue weighted by Crippen LogP contribution is -2.58. The van der Waals surface area contributed by atoms with E-state index in [1.807, 2.05) is 60.7 Å². The quantitative estimate of drug-likeness (QED) is 0.166. The maximum atomic E-state index is 14.8. The van der Waals surface area contributed by atoms with E-state index >= 15 is 0 Å².